The molecule has 0 atom stereocenters. The van der Waals surface area contributed by atoms with Crippen molar-refractivity contribution in [2.75, 3.05) is 13.2 Å². The van der Waals surface area contributed by atoms with Crippen LogP contribution in [-0.2, 0) is 33.6 Å². The van der Waals surface area contributed by atoms with Gasteiger partial charge in [0.1, 0.15) is 5.75 Å². The summed E-state index contributed by atoms with van der Waals surface area (Å²) >= 11 is 0. The van der Waals surface area contributed by atoms with Crippen LogP contribution in [0.3, 0.4) is 0 Å². The van der Waals surface area contributed by atoms with E-state index >= 15 is 0 Å². The number of carbonyl (C=O) groups is 2. The second-order valence-corrected chi connectivity index (χ2v) is 9.77. The van der Waals surface area contributed by atoms with Gasteiger partial charge in [-0.15, -0.1) is 0 Å². The Morgan fingerprint density at radius 3 is 2.03 bits per heavy atom. The number of aryl methyl sites for hydroxylation is 3. The van der Waals surface area contributed by atoms with Crippen LogP contribution in [0.2, 0.25) is 0 Å². The van der Waals surface area contributed by atoms with Crippen molar-refractivity contribution in [3.05, 3.63) is 102 Å². The normalized spacial score (nSPS) is 10.7. The highest BCUT2D eigenvalue weighted by Crippen LogP contribution is 2.37. The average Bonchev–Trinajstić information content (AvgIpc) is 2.94. The molecule has 0 fully saturated rings. The summed E-state index contributed by atoms with van der Waals surface area (Å²) in [6.45, 7) is 13.2. The second kappa shape index (κ2) is 14.3. The predicted octanol–water partition coefficient (Wildman–Crippen LogP) is 7.04. The summed E-state index contributed by atoms with van der Waals surface area (Å²) in [7, 11) is 0. The second-order valence-electron chi connectivity index (χ2n) is 9.77. The van der Waals surface area contributed by atoms with Gasteiger partial charge in [-0.05, 0) is 85.4 Å². The first-order chi connectivity index (χ1) is 18.7. The van der Waals surface area contributed by atoms with Crippen LogP contribution in [-0.4, -0.2) is 30.3 Å². The van der Waals surface area contributed by atoms with E-state index in [0.29, 0.717) is 23.5 Å². The van der Waals surface area contributed by atoms with Crippen LogP contribution in [0.1, 0.15) is 50.3 Å². The van der Waals surface area contributed by atoms with Crippen molar-refractivity contribution in [3.8, 4) is 28.0 Å². The van der Waals surface area contributed by atoms with Gasteiger partial charge in [-0.2, -0.15) is 0 Å². The minimum absolute atomic E-state index is 0.164. The Morgan fingerprint density at radius 2 is 1.38 bits per heavy atom. The zero-order chi connectivity index (χ0) is 28.4. The molecule has 0 unspecified atom stereocenters. The Kier molecular flexibility index (Phi) is 10.8. The lowest BCUT2D eigenvalue weighted by Crippen LogP contribution is -2.09. The number of hydrogen-bond donors (Lipinski definition) is 1. The molecule has 0 amide bonds. The smallest absolute Gasteiger partial charge is 0.338 e. The van der Waals surface area contributed by atoms with E-state index in [0.717, 1.165) is 65.5 Å². The summed E-state index contributed by atoms with van der Waals surface area (Å²) in [5, 5.41) is 9.20. The molecule has 0 saturated heterocycles. The zero-order valence-corrected chi connectivity index (χ0v) is 23.2. The number of ether oxygens (including phenoxy) is 2. The van der Waals surface area contributed by atoms with Gasteiger partial charge in [0, 0.05) is 23.3 Å². The first kappa shape index (κ1) is 29.6. The molecule has 5 heteroatoms. The first-order valence-corrected chi connectivity index (χ1v) is 13.4. The van der Waals surface area contributed by atoms with Gasteiger partial charge in [0.05, 0.1) is 6.61 Å². The van der Waals surface area contributed by atoms with Gasteiger partial charge in [-0.1, -0.05) is 74.7 Å². The number of benzene rings is 3. The molecule has 3 rings (SSSR count). The van der Waals surface area contributed by atoms with Crippen LogP contribution in [0.4, 0.5) is 0 Å². The Labute approximate surface area is 231 Å². The summed E-state index contributed by atoms with van der Waals surface area (Å²) in [6, 6.07) is 20.5. The van der Waals surface area contributed by atoms with Crippen LogP contribution in [0.15, 0.2) is 85.0 Å². The van der Waals surface area contributed by atoms with Crippen molar-refractivity contribution in [1.29, 1.82) is 0 Å². The van der Waals surface area contributed by atoms with E-state index in [-0.39, 0.29) is 12.6 Å². The van der Waals surface area contributed by atoms with Crippen LogP contribution >= 0.6 is 0 Å². The van der Waals surface area contributed by atoms with E-state index in [1.807, 2.05) is 30.3 Å². The number of hydrogen-bond acceptors (Lipinski definition) is 5. The molecule has 0 aliphatic carbocycles. The first-order valence-electron chi connectivity index (χ1n) is 13.4. The molecule has 1 N–H and O–H groups in total. The molecule has 0 aromatic heterocycles. The minimum Gasteiger partial charge on any atom is -0.462 e. The van der Waals surface area contributed by atoms with Crippen molar-refractivity contribution in [3.63, 3.8) is 0 Å². The van der Waals surface area contributed by atoms with Gasteiger partial charge < -0.3 is 14.6 Å². The Morgan fingerprint density at radius 1 is 0.769 bits per heavy atom. The molecular weight excluding hydrogens is 488 g/mol. The van der Waals surface area contributed by atoms with E-state index in [9.17, 15) is 14.7 Å². The number of esters is 2. The maximum Gasteiger partial charge on any atom is 0.338 e. The van der Waals surface area contributed by atoms with E-state index in [4.69, 9.17) is 9.47 Å². The third-order valence-corrected chi connectivity index (χ3v) is 6.48. The third-order valence-electron chi connectivity index (χ3n) is 6.48. The van der Waals surface area contributed by atoms with Gasteiger partial charge in [-0.25, -0.2) is 9.59 Å². The molecule has 5 nitrogen and oxygen atoms in total. The fraction of sp³-hybridized carbons (Fsp3) is 0.294. The van der Waals surface area contributed by atoms with Crippen molar-refractivity contribution in [2.45, 2.75) is 52.9 Å². The van der Waals surface area contributed by atoms with Gasteiger partial charge in [0.15, 0.2) is 0 Å². The molecule has 0 aliphatic rings. The van der Waals surface area contributed by atoms with Gasteiger partial charge >= 0.3 is 11.9 Å². The number of aliphatic hydroxyl groups excluding tert-OH is 1. The fourth-order valence-electron chi connectivity index (χ4n) is 4.27. The lowest BCUT2D eigenvalue weighted by Gasteiger charge is -2.16. The molecule has 0 bridgehead atoms. The Bertz CT molecular complexity index is 1330. The van der Waals surface area contributed by atoms with Crippen LogP contribution in [0, 0.1) is 0 Å². The molecule has 39 heavy (non-hydrogen) atoms. The highest BCUT2D eigenvalue weighted by molar-refractivity contribution is 5.91. The summed E-state index contributed by atoms with van der Waals surface area (Å²) in [5.41, 5.74) is 8.01. The zero-order valence-electron chi connectivity index (χ0n) is 23.2. The summed E-state index contributed by atoms with van der Waals surface area (Å²) in [6.07, 6.45) is 3.88. The number of aliphatic hydroxyl groups is 1. The molecule has 204 valence electrons. The summed E-state index contributed by atoms with van der Waals surface area (Å²) < 4.78 is 11.0. The maximum atomic E-state index is 12.5. The molecule has 0 aliphatic heterocycles. The quantitative estimate of drug-likeness (QED) is 0.112. The molecule has 3 aromatic carbocycles. The summed E-state index contributed by atoms with van der Waals surface area (Å²) in [4.78, 5) is 24.1. The maximum absolute atomic E-state index is 12.5. The fourth-order valence-corrected chi connectivity index (χ4v) is 4.27. The van der Waals surface area contributed by atoms with E-state index in [2.05, 4.69) is 50.4 Å². The standard InChI is InChI=1S/C34H38O5/c1-6-27-21-26(9-7-19-35)13-17-30(27)31-18-16-29(22-32(31)39-34(37)24(4)5)28-14-11-25(12-15-28)10-8-20-38-33(36)23(2)3/h11-18,21-22,35H,2,4,6-10,19-20H2,1,3,5H3. The lowest BCUT2D eigenvalue weighted by molar-refractivity contribution is -0.139. The van der Waals surface area contributed by atoms with Crippen molar-refractivity contribution in [2.24, 2.45) is 0 Å². The van der Waals surface area contributed by atoms with Gasteiger partial charge in [0.25, 0.3) is 0 Å². The van der Waals surface area contributed by atoms with Crippen molar-refractivity contribution >= 4 is 11.9 Å². The highest BCUT2D eigenvalue weighted by Gasteiger charge is 2.16. The van der Waals surface area contributed by atoms with Crippen LogP contribution < -0.4 is 4.74 Å². The summed E-state index contributed by atoms with van der Waals surface area (Å²) in [5.74, 6) is -0.337. The molecule has 0 heterocycles. The molecule has 3 aromatic rings. The third kappa shape index (κ3) is 8.26. The SMILES string of the molecule is C=C(C)C(=O)OCCCc1ccc(-c2ccc(-c3ccc(CCCO)cc3CC)c(OC(=O)C(=C)C)c2)cc1. The molecular formula is C34H38O5. The highest BCUT2D eigenvalue weighted by atomic mass is 16.5. The minimum atomic E-state index is -0.464. The largest absolute Gasteiger partial charge is 0.462 e. The van der Waals surface area contributed by atoms with Crippen molar-refractivity contribution in [1.82, 2.24) is 0 Å². The molecule has 0 saturated carbocycles. The topological polar surface area (TPSA) is 72.8 Å². The number of carbonyl (C=O) groups excluding carboxylic acids is 2. The molecule has 0 spiro atoms. The average molecular weight is 527 g/mol. The molecule has 0 radical (unpaired) electrons. The van der Waals surface area contributed by atoms with E-state index in [1.54, 1.807) is 13.8 Å². The van der Waals surface area contributed by atoms with E-state index in [1.165, 1.54) is 5.56 Å². The van der Waals surface area contributed by atoms with Gasteiger partial charge in [-0.3, -0.25) is 0 Å². The number of rotatable bonds is 13. The monoisotopic (exact) mass is 526 g/mol. The van der Waals surface area contributed by atoms with Crippen molar-refractivity contribution < 1.29 is 24.2 Å². The predicted molar refractivity (Wildman–Crippen MR) is 157 cm³/mol. The van der Waals surface area contributed by atoms with E-state index < -0.39 is 5.97 Å². The van der Waals surface area contributed by atoms with Crippen LogP contribution in [0.25, 0.3) is 22.3 Å². The van der Waals surface area contributed by atoms with Crippen LogP contribution in [0.5, 0.6) is 5.75 Å². The Balaban J connectivity index is 1.86. The lowest BCUT2D eigenvalue weighted by atomic mass is 9.92. The Hall–Kier alpha value is -3.96. The van der Waals surface area contributed by atoms with Gasteiger partial charge in [0.2, 0.25) is 0 Å².